The lowest BCUT2D eigenvalue weighted by Crippen LogP contribution is -2.22. The molecule has 3 rings (SSSR count). The molecule has 4 nitrogen and oxygen atoms in total. The van der Waals surface area contributed by atoms with E-state index < -0.39 is 0 Å². The quantitative estimate of drug-likeness (QED) is 0.442. The molecule has 2 amide bonds. The number of halogens is 1. The number of nitrogens with one attached hydrogen (secondary N) is 2. The van der Waals surface area contributed by atoms with Crippen molar-refractivity contribution in [2.75, 3.05) is 10.6 Å². The third-order valence-electron chi connectivity index (χ3n) is 4.64. The van der Waals surface area contributed by atoms with Crippen molar-refractivity contribution < 1.29 is 9.59 Å². The molecule has 0 spiro atoms. The first-order valence-electron chi connectivity index (χ1n) is 9.53. The maximum Gasteiger partial charge on any atom is 0.255 e. The molecule has 0 bridgehead atoms. The summed E-state index contributed by atoms with van der Waals surface area (Å²) in [5.41, 5.74) is 4.26. The fourth-order valence-corrected chi connectivity index (χ4v) is 3.92. The third kappa shape index (κ3) is 5.88. The van der Waals surface area contributed by atoms with Gasteiger partial charge in [0.2, 0.25) is 5.91 Å². The molecule has 0 aromatic heterocycles. The Hall–Kier alpha value is -2.76. The summed E-state index contributed by atoms with van der Waals surface area (Å²) in [6, 6.07) is 20.1. The van der Waals surface area contributed by atoms with Gasteiger partial charge in [-0.1, -0.05) is 29.8 Å². The number of rotatable bonds is 6. The number of benzene rings is 3. The molecular weight excluding hydrogens is 416 g/mol. The van der Waals surface area contributed by atoms with Crippen molar-refractivity contribution in [2.45, 2.75) is 30.9 Å². The van der Waals surface area contributed by atoms with E-state index in [0.29, 0.717) is 16.3 Å². The normalized spacial score (nSPS) is 11.6. The fourth-order valence-electron chi connectivity index (χ4n) is 2.80. The lowest BCUT2D eigenvalue weighted by Gasteiger charge is -2.14. The Bertz CT molecular complexity index is 1080. The largest absolute Gasteiger partial charge is 0.325 e. The van der Waals surface area contributed by atoms with Crippen LogP contribution in [0.1, 0.15) is 28.4 Å². The van der Waals surface area contributed by atoms with Crippen LogP contribution in [0.2, 0.25) is 5.02 Å². The second kappa shape index (κ2) is 9.83. The second-order valence-electron chi connectivity index (χ2n) is 7.04. The van der Waals surface area contributed by atoms with Gasteiger partial charge < -0.3 is 10.6 Å². The Kier molecular flexibility index (Phi) is 7.19. The average molecular weight is 439 g/mol. The van der Waals surface area contributed by atoms with Crippen molar-refractivity contribution >= 4 is 46.6 Å². The van der Waals surface area contributed by atoms with Crippen molar-refractivity contribution in [3.63, 3.8) is 0 Å². The van der Waals surface area contributed by atoms with Gasteiger partial charge in [-0.25, -0.2) is 0 Å². The molecule has 0 radical (unpaired) electrons. The van der Waals surface area contributed by atoms with E-state index in [4.69, 9.17) is 11.6 Å². The summed E-state index contributed by atoms with van der Waals surface area (Å²) in [6.45, 7) is 5.92. The molecule has 1 unspecified atom stereocenters. The highest BCUT2D eigenvalue weighted by Gasteiger charge is 2.15. The number of thioether (sulfide) groups is 1. The van der Waals surface area contributed by atoms with Gasteiger partial charge in [0.05, 0.1) is 5.25 Å². The first-order valence-corrected chi connectivity index (χ1v) is 10.8. The molecule has 0 saturated carbocycles. The highest BCUT2D eigenvalue weighted by molar-refractivity contribution is 8.00. The van der Waals surface area contributed by atoms with Crippen molar-refractivity contribution in [1.82, 2.24) is 0 Å². The lowest BCUT2D eigenvalue weighted by atomic mass is 10.1. The third-order valence-corrected chi connectivity index (χ3v) is 5.96. The van der Waals surface area contributed by atoms with Crippen LogP contribution in [0.25, 0.3) is 0 Å². The van der Waals surface area contributed by atoms with E-state index in [-0.39, 0.29) is 17.1 Å². The molecule has 0 aliphatic carbocycles. The number of hydrogen-bond acceptors (Lipinski definition) is 3. The van der Waals surface area contributed by atoms with E-state index >= 15 is 0 Å². The zero-order chi connectivity index (χ0) is 21.7. The average Bonchev–Trinajstić information content (AvgIpc) is 2.71. The molecule has 0 fully saturated rings. The van der Waals surface area contributed by atoms with E-state index in [9.17, 15) is 9.59 Å². The van der Waals surface area contributed by atoms with Crippen molar-refractivity contribution in [2.24, 2.45) is 0 Å². The minimum Gasteiger partial charge on any atom is -0.325 e. The standard InChI is InChI=1S/C24H23ClN2O2S/c1-15-10-11-21(12-16(15)2)26-23(28)17(3)30-22-9-5-8-20(14-22)27-24(29)18-6-4-7-19(25)13-18/h4-14,17H,1-3H3,(H,26,28)(H,27,29). The Morgan fingerprint density at radius 1 is 0.867 bits per heavy atom. The predicted octanol–water partition coefficient (Wildman–Crippen LogP) is 6.33. The Balaban J connectivity index is 1.63. The van der Waals surface area contributed by atoms with Gasteiger partial charge in [-0.3, -0.25) is 9.59 Å². The second-order valence-corrected chi connectivity index (χ2v) is 8.89. The van der Waals surface area contributed by atoms with E-state index in [1.807, 2.05) is 63.2 Å². The number of aryl methyl sites for hydroxylation is 2. The minimum absolute atomic E-state index is 0.0726. The smallest absolute Gasteiger partial charge is 0.255 e. The summed E-state index contributed by atoms with van der Waals surface area (Å²) in [5, 5.41) is 6.04. The summed E-state index contributed by atoms with van der Waals surface area (Å²) in [7, 11) is 0. The molecule has 0 saturated heterocycles. The Labute approximate surface area is 186 Å². The Morgan fingerprint density at radius 2 is 1.60 bits per heavy atom. The highest BCUT2D eigenvalue weighted by atomic mass is 35.5. The molecule has 0 heterocycles. The number of carbonyl (C=O) groups excluding carboxylic acids is 2. The summed E-state index contributed by atoms with van der Waals surface area (Å²) in [4.78, 5) is 25.9. The lowest BCUT2D eigenvalue weighted by molar-refractivity contribution is -0.115. The van der Waals surface area contributed by atoms with Crippen LogP contribution in [0.4, 0.5) is 11.4 Å². The van der Waals surface area contributed by atoms with Crippen LogP contribution < -0.4 is 10.6 Å². The van der Waals surface area contributed by atoms with Crippen molar-refractivity contribution in [1.29, 1.82) is 0 Å². The SMILES string of the molecule is Cc1ccc(NC(=O)C(C)Sc2cccc(NC(=O)c3cccc(Cl)c3)c2)cc1C. The van der Waals surface area contributed by atoms with E-state index in [1.54, 1.807) is 24.3 Å². The number of amides is 2. The maximum absolute atomic E-state index is 12.6. The zero-order valence-electron chi connectivity index (χ0n) is 17.0. The number of hydrogen-bond donors (Lipinski definition) is 2. The summed E-state index contributed by atoms with van der Waals surface area (Å²) >= 11 is 7.39. The van der Waals surface area contributed by atoms with E-state index in [1.165, 1.54) is 17.3 Å². The van der Waals surface area contributed by atoms with Gasteiger partial charge in [0.1, 0.15) is 0 Å². The van der Waals surface area contributed by atoms with Crippen LogP contribution in [0.3, 0.4) is 0 Å². The fraction of sp³-hybridized carbons (Fsp3) is 0.167. The van der Waals surface area contributed by atoms with Crippen LogP contribution in [0, 0.1) is 13.8 Å². The molecule has 3 aromatic rings. The monoisotopic (exact) mass is 438 g/mol. The van der Waals surface area contributed by atoms with Gasteiger partial charge in [-0.05, 0) is 80.4 Å². The summed E-state index contributed by atoms with van der Waals surface area (Å²) in [6.07, 6.45) is 0. The maximum atomic E-state index is 12.6. The topological polar surface area (TPSA) is 58.2 Å². The van der Waals surface area contributed by atoms with Gasteiger partial charge in [0.15, 0.2) is 0 Å². The number of carbonyl (C=O) groups is 2. The number of anilines is 2. The van der Waals surface area contributed by atoms with Gasteiger partial charge >= 0.3 is 0 Å². The van der Waals surface area contributed by atoms with Crippen molar-refractivity contribution in [3.8, 4) is 0 Å². The molecule has 154 valence electrons. The van der Waals surface area contributed by atoms with Gasteiger partial charge in [-0.15, -0.1) is 11.8 Å². The van der Waals surface area contributed by atoms with Crippen molar-refractivity contribution in [3.05, 3.63) is 88.4 Å². The molecule has 2 N–H and O–H groups in total. The van der Waals surface area contributed by atoms with Crippen LogP contribution in [-0.4, -0.2) is 17.1 Å². The summed E-state index contributed by atoms with van der Waals surface area (Å²) in [5.74, 6) is -0.309. The zero-order valence-corrected chi connectivity index (χ0v) is 18.6. The molecule has 3 aromatic carbocycles. The Morgan fingerprint density at radius 3 is 2.33 bits per heavy atom. The van der Waals surface area contributed by atoms with Crippen LogP contribution >= 0.6 is 23.4 Å². The first kappa shape index (κ1) is 21.9. The first-order chi connectivity index (χ1) is 14.3. The molecule has 1 atom stereocenters. The molecular formula is C24H23ClN2O2S. The van der Waals surface area contributed by atoms with E-state index in [2.05, 4.69) is 10.6 Å². The van der Waals surface area contributed by atoms with E-state index in [0.717, 1.165) is 16.1 Å². The summed E-state index contributed by atoms with van der Waals surface area (Å²) < 4.78 is 0. The van der Waals surface area contributed by atoms with Gasteiger partial charge in [0, 0.05) is 26.9 Å². The predicted molar refractivity (Wildman–Crippen MR) is 126 cm³/mol. The molecule has 6 heteroatoms. The van der Waals surface area contributed by atoms with Crippen LogP contribution in [0.5, 0.6) is 0 Å². The van der Waals surface area contributed by atoms with Crippen LogP contribution in [0.15, 0.2) is 71.6 Å². The molecule has 0 aliphatic heterocycles. The van der Waals surface area contributed by atoms with Gasteiger partial charge in [0.25, 0.3) is 5.91 Å². The minimum atomic E-state index is -0.300. The highest BCUT2D eigenvalue weighted by Crippen LogP contribution is 2.27. The molecule has 30 heavy (non-hydrogen) atoms. The molecule has 0 aliphatic rings. The van der Waals surface area contributed by atoms with Crippen LogP contribution in [-0.2, 0) is 4.79 Å². The van der Waals surface area contributed by atoms with Gasteiger partial charge in [-0.2, -0.15) is 0 Å².